The molecule has 0 saturated heterocycles. The number of rotatable bonds is 4. The van der Waals surface area contributed by atoms with E-state index in [4.69, 9.17) is 4.42 Å². The molecule has 4 rings (SSSR count). The van der Waals surface area contributed by atoms with Crippen molar-refractivity contribution in [3.8, 4) is 11.5 Å². The first kappa shape index (κ1) is 16.0. The molecule has 1 amide bonds. The molecule has 128 valence electrons. The average molecular weight is 344 g/mol. The summed E-state index contributed by atoms with van der Waals surface area (Å²) < 4.78 is 5.75. The van der Waals surface area contributed by atoms with E-state index in [1.54, 1.807) is 36.7 Å². The highest BCUT2D eigenvalue weighted by Crippen LogP contribution is 2.25. The van der Waals surface area contributed by atoms with Crippen LogP contribution in [0.4, 0.5) is 5.69 Å². The fraction of sp³-hybridized carbons (Fsp3) is 0.100. The second-order valence-corrected chi connectivity index (χ2v) is 5.77. The molecule has 0 aliphatic carbocycles. The van der Waals surface area contributed by atoms with Crippen molar-refractivity contribution in [2.24, 2.45) is 0 Å². The highest BCUT2D eigenvalue weighted by atomic mass is 16.3. The molecule has 0 fully saturated rings. The monoisotopic (exact) mass is 344 g/mol. The van der Waals surface area contributed by atoms with Crippen LogP contribution in [-0.4, -0.2) is 20.9 Å². The number of hydrogen-bond donors (Lipinski definition) is 1. The molecule has 1 aromatic carbocycles. The summed E-state index contributed by atoms with van der Waals surface area (Å²) in [6.45, 7) is 2.00. The number of hydrogen-bond acceptors (Lipinski definition) is 5. The number of carbonyl (C=O) groups is 1. The van der Waals surface area contributed by atoms with Gasteiger partial charge in [-0.15, -0.1) is 0 Å². The van der Waals surface area contributed by atoms with Crippen LogP contribution < -0.4 is 5.32 Å². The Morgan fingerprint density at radius 1 is 1.12 bits per heavy atom. The van der Waals surface area contributed by atoms with Crippen LogP contribution >= 0.6 is 0 Å². The molecule has 0 aliphatic rings. The van der Waals surface area contributed by atoms with Gasteiger partial charge in [-0.25, -0.2) is 9.97 Å². The van der Waals surface area contributed by atoms with Gasteiger partial charge in [-0.05, 0) is 48.9 Å². The third kappa shape index (κ3) is 3.17. The molecule has 6 nitrogen and oxygen atoms in total. The molecule has 0 aliphatic heterocycles. The third-order valence-corrected chi connectivity index (χ3v) is 3.96. The summed E-state index contributed by atoms with van der Waals surface area (Å²) in [7, 11) is 0. The summed E-state index contributed by atoms with van der Waals surface area (Å²) in [5.41, 5.74) is 4.02. The van der Waals surface area contributed by atoms with Gasteiger partial charge in [-0.3, -0.25) is 9.78 Å². The van der Waals surface area contributed by atoms with Crippen molar-refractivity contribution < 1.29 is 9.21 Å². The van der Waals surface area contributed by atoms with Gasteiger partial charge in [-0.2, -0.15) is 0 Å². The lowest BCUT2D eigenvalue weighted by Crippen LogP contribution is -2.14. The number of aryl methyl sites for hydroxylation is 1. The van der Waals surface area contributed by atoms with Crippen LogP contribution in [0.25, 0.3) is 22.6 Å². The normalized spacial score (nSPS) is 10.8. The first-order valence-corrected chi connectivity index (χ1v) is 8.31. The van der Waals surface area contributed by atoms with E-state index in [0.29, 0.717) is 28.4 Å². The van der Waals surface area contributed by atoms with Crippen LogP contribution in [0.2, 0.25) is 0 Å². The molecule has 6 heteroatoms. The van der Waals surface area contributed by atoms with Crippen LogP contribution in [0.3, 0.4) is 0 Å². The van der Waals surface area contributed by atoms with Crippen LogP contribution in [0.1, 0.15) is 23.1 Å². The van der Waals surface area contributed by atoms with Crippen LogP contribution in [0.15, 0.2) is 65.3 Å². The van der Waals surface area contributed by atoms with E-state index in [1.807, 2.05) is 31.2 Å². The lowest BCUT2D eigenvalue weighted by Gasteiger charge is -2.05. The van der Waals surface area contributed by atoms with E-state index in [2.05, 4.69) is 20.3 Å². The Balaban J connectivity index is 1.60. The van der Waals surface area contributed by atoms with Gasteiger partial charge in [0.05, 0.1) is 5.56 Å². The number of pyridine rings is 2. The van der Waals surface area contributed by atoms with Crippen LogP contribution in [0.5, 0.6) is 0 Å². The number of nitrogens with one attached hydrogen (secondary N) is 1. The van der Waals surface area contributed by atoms with Gasteiger partial charge in [0.1, 0.15) is 11.2 Å². The Labute approximate surface area is 149 Å². The largest absolute Gasteiger partial charge is 0.436 e. The lowest BCUT2D eigenvalue weighted by molar-refractivity contribution is 0.102. The van der Waals surface area contributed by atoms with Crippen LogP contribution in [-0.2, 0) is 6.42 Å². The maximum atomic E-state index is 12.4. The van der Waals surface area contributed by atoms with E-state index in [1.165, 1.54) is 0 Å². The maximum absolute atomic E-state index is 12.4. The van der Waals surface area contributed by atoms with E-state index >= 15 is 0 Å². The van der Waals surface area contributed by atoms with Gasteiger partial charge in [0, 0.05) is 23.8 Å². The Bertz CT molecular complexity index is 1070. The zero-order valence-electron chi connectivity index (χ0n) is 14.1. The minimum Gasteiger partial charge on any atom is -0.436 e. The number of oxazole rings is 1. The molecule has 0 atom stereocenters. The molecule has 0 bridgehead atoms. The number of amides is 1. The Morgan fingerprint density at radius 2 is 2.04 bits per heavy atom. The Kier molecular flexibility index (Phi) is 4.15. The van der Waals surface area contributed by atoms with Gasteiger partial charge >= 0.3 is 0 Å². The van der Waals surface area contributed by atoms with Gasteiger partial charge in [0.25, 0.3) is 5.91 Å². The molecule has 3 aromatic heterocycles. The number of benzene rings is 1. The van der Waals surface area contributed by atoms with E-state index in [0.717, 1.165) is 17.7 Å². The summed E-state index contributed by atoms with van der Waals surface area (Å²) in [6, 6.07) is 14.5. The van der Waals surface area contributed by atoms with Crippen molar-refractivity contribution in [1.82, 2.24) is 15.0 Å². The van der Waals surface area contributed by atoms with E-state index in [9.17, 15) is 4.79 Å². The summed E-state index contributed by atoms with van der Waals surface area (Å²) in [5, 5.41) is 2.86. The first-order valence-electron chi connectivity index (χ1n) is 8.31. The van der Waals surface area contributed by atoms with Gasteiger partial charge in [0.15, 0.2) is 5.58 Å². The van der Waals surface area contributed by atoms with Crippen molar-refractivity contribution in [3.63, 3.8) is 0 Å². The predicted molar refractivity (Wildman–Crippen MR) is 98.8 cm³/mol. The third-order valence-electron chi connectivity index (χ3n) is 3.96. The van der Waals surface area contributed by atoms with Gasteiger partial charge in [-0.1, -0.05) is 13.0 Å². The van der Waals surface area contributed by atoms with Crippen LogP contribution in [0, 0.1) is 0 Å². The molecule has 3 heterocycles. The number of fused-ring (bicyclic) bond motifs is 1. The number of aromatic nitrogens is 3. The van der Waals surface area contributed by atoms with Crippen molar-refractivity contribution in [3.05, 3.63) is 72.3 Å². The zero-order chi connectivity index (χ0) is 17.9. The highest BCUT2D eigenvalue weighted by molar-refractivity contribution is 6.03. The Hall–Kier alpha value is -3.54. The molecule has 26 heavy (non-hydrogen) atoms. The maximum Gasteiger partial charge on any atom is 0.274 e. The molecule has 4 aromatic rings. The lowest BCUT2D eigenvalue weighted by atomic mass is 10.2. The standard InChI is InChI=1S/C20H16N4O2/c1-2-14-6-3-7-16(22-14)19(25)23-15-8-9-18-17(11-15)24-20(26-18)13-5-4-10-21-12-13/h3-12H,2H2,1H3,(H,23,25). The van der Waals surface area contributed by atoms with Gasteiger partial charge < -0.3 is 9.73 Å². The molecular weight excluding hydrogens is 328 g/mol. The van der Waals surface area contributed by atoms with Crippen molar-refractivity contribution >= 4 is 22.7 Å². The summed E-state index contributed by atoms with van der Waals surface area (Å²) in [4.78, 5) is 25.3. The average Bonchev–Trinajstić information content (AvgIpc) is 3.12. The van der Waals surface area contributed by atoms with Crippen molar-refractivity contribution in [1.29, 1.82) is 0 Å². The number of nitrogens with zero attached hydrogens (tertiary/aromatic N) is 3. The zero-order valence-corrected chi connectivity index (χ0v) is 14.1. The summed E-state index contributed by atoms with van der Waals surface area (Å²) in [6.07, 6.45) is 4.17. The quantitative estimate of drug-likeness (QED) is 0.603. The minimum atomic E-state index is -0.254. The smallest absolute Gasteiger partial charge is 0.274 e. The van der Waals surface area contributed by atoms with E-state index in [-0.39, 0.29) is 5.91 Å². The molecule has 0 unspecified atom stereocenters. The first-order chi connectivity index (χ1) is 12.7. The second kappa shape index (κ2) is 6.76. The van der Waals surface area contributed by atoms with Crippen molar-refractivity contribution in [2.75, 3.05) is 5.32 Å². The topological polar surface area (TPSA) is 80.9 Å². The molecular formula is C20H16N4O2. The molecule has 0 radical (unpaired) electrons. The highest BCUT2D eigenvalue weighted by Gasteiger charge is 2.12. The molecule has 1 N–H and O–H groups in total. The molecule has 0 saturated carbocycles. The predicted octanol–water partition coefficient (Wildman–Crippen LogP) is 4.10. The fourth-order valence-electron chi connectivity index (χ4n) is 2.62. The van der Waals surface area contributed by atoms with Crippen molar-refractivity contribution in [2.45, 2.75) is 13.3 Å². The fourth-order valence-corrected chi connectivity index (χ4v) is 2.62. The SMILES string of the molecule is CCc1cccc(C(=O)Nc2ccc3oc(-c4cccnc4)nc3c2)n1. The number of carbonyl (C=O) groups excluding carboxylic acids is 1. The summed E-state index contributed by atoms with van der Waals surface area (Å²) >= 11 is 0. The Morgan fingerprint density at radius 3 is 2.85 bits per heavy atom. The molecule has 0 spiro atoms. The van der Waals surface area contributed by atoms with E-state index < -0.39 is 0 Å². The second-order valence-electron chi connectivity index (χ2n) is 5.77. The van der Waals surface area contributed by atoms with Gasteiger partial charge in [0.2, 0.25) is 5.89 Å². The minimum absolute atomic E-state index is 0.254. The number of anilines is 1. The summed E-state index contributed by atoms with van der Waals surface area (Å²) in [5.74, 6) is 0.240.